The Morgan fingerprint density at radius 3 is 3.23 bits per heavy atom. The molecule has 0 aliphatic heterocycles. The van der Waals surface area contributed by atoms with Crippen LogP contribution >= 0.6 is 0 Å². The van der Waals surface area contributed by atoms with E-state index >= 15 is 0 Å². The van der Waals surface area contributed by atoms with E-state index in [1.54, 1.807) is 6.20 Å². The minimum absolute atomic E-state index is 0.689. The predicted octanol–water partition coefficient (Wildman–Crippen LogP) is 0.985. The molecule has 0 bridgehead atoms. The highest BCUT2D eigenvalue weighted by molar-refractivity contribution is 5.66. The normalized spacial score (nSPS) is 10.8. The maximum absolute atomic E-state index is 5.46. The smallest absolute Gasteiger partial charge is 0.198 e. The fourth-order valence-corrected chi connectivity index (χ4v) is 1.15. The van der Waals surface area contributed by atoms with Crippen LogP contribution in [0.25, 0.3) is 11.2 Å². The van der Waals surface area contributed by atoms with Gasteiger partial charge in [-0.25, -0.2) is 4.98 Å². The molecule has 2 aromatic heterocycles. The van der Waals surface area contributed by atoms with Crippen LogP contribution in [0.5, 0.6) is 0 Å². The Balaban J connectivity index is 2.28. The Hall–Kier alpha value is -1.42. The summed E-state index contributed by atoms with van der Waals surface area (Å²) in [6.07, 6.45) is 2.51. The van der Waals surface area contributed by atoms with Crippen LogP contribution in [-0.2, 0) is 6.42 Å². The van der Waals surface area contributed by atoms with Gasteiger partial charge in [0.2, 0.25) is 0 Å². The Bertz CT molecular complexity index is 363. The second kappa shape index (κ2) is 3.53. The van der Waals surface area contributed by atoms with Crippen LogP contribution in [-0.4, -0.2) is 23.6 Å². The summed E-state index contributed by atoms with van der Waals surface area (Å²) in [6.45, 7) is 0.868. The van der Waals surface area contributed by atoms with Crippen LogP contribution in [0.4, 0.5) is 0 Å². The Morgan fingerprint density at radius 1 is 1.54 bits per heavy atom. The molecule has 0 atom stereocenters. The van der Waals surface area contributed by atoms with E-state index in [9.17, 15) is 0 Å². The molecule has 0 amide bonds. The number of likely N-dealkylation sites (N-methyl/N-ethyl adjacent to an activating group) is 1. The Labute approximate surface area is 76.0 Å². The van der Waals surface area contributed by atoms with Crippen molar-refractivity contribution in [3.8, 4) is 0 Å². The van der Waals surface area contributed by atoms with Crippen molar-refractivity contribution in [1.82, 2.24) is 15.3 Å². The van der Waals surface area contributed by atoms with Gasteiger partial charge in [-0.3, -0.25) is 0 Å². The van der Waals surface area contributed by atoms with Gasteiger partial charge in [0.1, 0.15) is 0 Å². The van der Waals surface area contributed by atoms with E-state index < -0.39 is 0 Å². The topological polar surface area (TPSA) is 51.0 Å². The van der Waals surface area contributed by atoms with Gasteiger partial charge in [-0.05, 0) is 19.2 Å². The fourth-order valence-electron chi connectivity index (χ4n) is 1.15. The molecule has 2 aromatic rings. The van der Waals surface area contributed by atoms with Crippen molar-refractivity contribution >= 4 is 11.2 Å². The monoisotopic (exact) mass is 177 g/mol. The number of nitrogens with one attached hydrogen (secondary N) is 1. The lowest BCUT2D eigenvalue weighted by Crippen LogP contribution is -2.10. The number of aromatic nitrogens is 2. The van der Waals surface area contributed by atoms with Crippen molar-refractivity contribution in [2.45, 2.75) is 6.42 Å². The van der Waals surface area contributed by atoms with Crippen LogP contribution in [0.15, 0.2) is 22.7 Å². The predicted molar refractivity (Wildman–Crippen MR) is 49.4 cm³/mol. The van der Waals surface area contributed by atoms with Crippen LogP contribution in [0, 0.1) is 0 Å². The highest BCUT2D eigenvalue weighted by Gasteiger charge is 2.04. The first-order chi connectivity index (χ1) is 6.40. The standard InChI is InChI=1S/C9H11N3O/c1-10-6-4-8-12-9-7(13-8)3-2-5-11-9/h2-3,5,10H,4,6H2,1H3. The number of rotatable bonds is 3. The summed E-state index contributed by atoms with van der Waals surface area (Å²) in [7, 11) is 1.90. The maximum atomic E-state index is 5.46. The maximum Gasteiger partial charge on any atom is 0.198 e. The average molecular weight is 177 g/mol. The number of nitrogens with zero attached hydrogens (tertiary/aromatic N) is 2. The summed E-state index contributed by atoms with van der Waals surface area (Å²) >= 11 is 0. The van der Waals surface area contributed by atoms with Crippen molar-refractivity contribution in [1.29, 1.82) is 0 Å². The Morgan fingerprint density at radius 2 is 2.46 bits per heavy atom. The van der Waals surface area contributed by atoms with Gasteiger partial charge in [0.05, 0.1) is 0 Å². The quantitative estimate of drug-likeness (QED) is 0.759. The number of hydrogen-bond donors (Lipinski definition) is 1. The molecular weight excluding hydrogens is 166 g/mol. The molecule has 0 aromatic carbocycles. The van der Waals surface area contributed by atoms with Gasteiger partial charge in [-0.1, -0.05) is 0 Å². The summed E-state index contributed by atoms with van der Waals surface area (Å²) in [5.74, 6) is 0.739. The third-order valence-electron chi connectivity index (χ3n) is 1.80. The fraction of sp³-hybridized carbons (Fsp3) is 0.333. The summed E-state index contributed by atoms with van der Waals surface area (Å²) in [6, 6.07) is 3.72. The van der Waals surface area contributed by atoms with Gasteiger partial charge in [0, 0.05) is 19.2 Å². The van der Waals surface area contributed by atoms with Crippen molar-refractivity contribution in [2.75, 3.05) is 13.6 Å². The van der Waals surface area contributed by atoms with Gasteiger partial charge in [0.25, 0.3) is 0 Å². The molecule has 0 radical (unpaired) electrons. The Kier molecular flexibility index (Phi) is 2.23. The number of hydrogen-bond acceptors (Lipinski definition) is 4. The molecule has 0 unspecified atom stereocenters. The lowest BCUT2D eigenvalue weighted by Gasteiger charge is -1.91. The lowest BCUT2D eigenvalue weighted by atomic mass is 10.4. The van der Waals surface area contributed by atoms with E-state index in [-0.39, 0.29) is 0 Å². The third kappa shape index (κ3) is 1.67. The largest absolute Gasteiger partial charge is 0.439 e. The average Bonchev–Trinajstić information content (AvgIpc) is 2.57. The molecule has 0 fully saturated rings. The summed E-state index contributed by atoms with van der Waals surface area (Å²) < 4.78 is 5.46. The zero-order chi connectivity index (χ0) is 9.10. The summed E-state index contributed by atoms with van der Waals surface area (Å²) in [5.41, 5.74) is 1.45. The van der Waals surface area contributed by atoms with E-state index in [0.29, 0.717) is 5.65 Å². The van der Waals surface area contributed by atoms with Gasteiger partial charge >= 0.3 is 0 Å². The molecule has 0 saturated heterocycles. The molecule has 4 heteroatoms. The van der Waals surface area contributed by atoms with E-state index in [1.165, 1.54) is 0 Å². The van der Waals surface area contributed by atoms with Crippen LogP contribution in [0.2, 0.25) is 0 Å². The van der Waals surface area contributed by atoms with Gasteiger partial charge in [-0.15, -0.1) is 0 Å². The molecule has 68 valence electrons. The number of fused-ring (bicyclic) bond motifs is 1. The van der Waals surface area contributed by atoms with Crippen molar-refractivity contribution in [3.05, 3.63) is 24.2 Å². The summed E-state index contributed by atoms with van der Waals surface area (Å²) in [5, 5.41) is 3.04. The lowest BCUT2D eigenvalue weighted by molar-refractivity contribution is 0.522. The van der Waals surface area contributed by atoms with Crippen LogP contribution in [0.3, 0.4) is 0 Å². The first-order valence-corrected chi connectivity index (χ1v) is 4.25. The van der Waals surface area contributed by atoms with Crippen LogP contribution in [0.1, 0.15) is 5.89 Å². The van der Waals surface area contributed by atoms with Crippen molar-refractivity contribution < 1.29 is 4.42 Å². The molecule has 0 aliphatic carbocycles. The van der Waals surface area contributed by atoms with Crippen molar-refractivity contribution in [2.24, 2.45) is 0 Å². The summed E-state index contributed by atoms with van der Waals surface area (Å²) in [4.78, 5) is 8.32. The second-order valence-corrected chi connectivity index (χ2v) is 2.79. The third-order valence-corrected chi connectivity index (χ3v) is 1.80. The second-order valence-electron chi connectivity index (χ2n) is 2.79. The minimum Gasteiger partial charge on any atom is -0.439 e. The van der Waals surface area contributed by atoms with Gasteiger partial charge in [0.15, 0.2) is 17.1 Å². The van der Waals surface area contributed by atoms with Crippen molar-refractivity contribution in [3.63, 3.8) is 0 Å². The zero-order valence-electron chi connectivity index (χ0n) is 7.45. The SMILES string of the molecule is CNCCc1nc2ncccc2o1. The molecule has 4 nitrogen and oxygen atoms in total. The molecule has 1 N–H and O–H groups in total. The highest BCUT2D eigenvalue weighted by Crippen LogP contribution is 2.11. The number of oxazole rings is 1. The minimum atomic E-state index is 0.689. The van der Waals surface area contributed by atoms with Crippen LogP contribution < -0.4 is 5.32 Å². The molecule has 2 heterocycles. The molecule has 0 aliphatic rings. The van der Waals surface area contributed by atoms with E-state index in [0.717, 1.165) is 24.4 Å². The number of pyridine rings is 1. The van der Waals surface area contributed by atoms with E-state index in [4.69, 9.17) is 4.42 Å². The molecule has 13 heavy (non-hydrogen) atoms. The zero-order valence-corrected chi connectivity index (χ0v) is 7.45. The molecule has 0 saturated carbocycles. The van der Waals surface area contributed by atoms with E-state index in [1.807, 2.05) is 19.2 Å². The van der Waals surface area contributed by atoms with Gasteiger partial charge in [-0.2, -0.15) is 4.98 Å². The molecule has 0 spiro atoms. The van der Waals surface area contributed by atoms with Gasteiger partial charge < -0.3 is 9.73 Å². The molecular formula is C9H11N3O. The first-order valence-electron chi connectivity index (χ1n) is 4.25. The van der Waals surface area contributed by atoms with E-state index in [2.05, 4.69) is 15.3 Å². The molecule has 2 rings (SSSR count). The first kappa shape index (κ1) is 8.19. The highest BCUT2D eigenvalue weighted by atomic mass is 16.3.